The number of halogens is 1. The molecule has 0 spiro atoms. The molecule has 1 aromatic carbocycles. The maximum Gasteiger partial charge on any atom is 0.330 e. The second-order valence-electron chi connectivity index (χ2n) is 5.57. The van der Waals surface area contributed by atoms with Crippen LogP contribution in [-0.4, -0.2) is 39.0 Å². The molecule has 5 nitrogen and oxygen atoms in total. The summed E-state index contributed by atoms with van der Waals surface area (Å²) in [5.41, 5.74) is 0.0205. The number of carbonyl (C=O) groups excluding carboxylic acids is 1. The molecule has 126 valence electrons. The zero-order valence-corrected chi connectivity index (χ0v) is 14.3. The number of amides is 1. The van der Waals surface area contributed by atoms with Crippen molar-refractivity contribution in [2.75, 3.05) is 11.5 Å². The van der Waals surface area contributed by atoms with Gasteiger partial charge in [0.2, 0.25) is 5.91 Å². The number of carboxylic acid groups (broad SMARTS) is 1. The highest BCUT2D eigenvalue weighted by molar-refractivity contribution is 7.99. The molecule has 2 aromatic rings. The summed E-state index contributed by atoms with van der Waals surface area (Å²) in [6.07, 6.45) is 0.426. The molecule has 0 bridgehead atoms. The number of rotatable bonds is 5. The van der Waals surface area contributed by atoms with E-state index in [1.165, 1.54) is 35.2 Å². The Balaban J connectivity index is 1.68. The molecule has 1 aromatic heterocycles. The van der Waals surface area contributed by atoms with Crippen molar-refractivity contribution in [2.45, 2.75) is 18.4 Å². The second kappa shape index (κ2) is 6.90. The minimum atomic E-state index is -1.18. The predicted molar refractivity (Wildman–Crippen MR) is 91.7 cm³/mol. The Morgan fingerprint density at radius 2 is 2.25 bits per heavy atom. The maximum atomic E-state index is 13.3. The highest BCUT2D eigenvalue weighted by atomic mass is 32.2. The lowest BCUT2D eigenvalue weighted by Crippen LogP contribution is -2.55. The third kappa shape index (κ3) is 3.59. The van der Waals surface area contributed by atoms with Crippen molar-refractivity contribution in [1.82, 2.24) is 10.3 Å². The average molecular weight is 366 g/mol. The highest BCUT2D eigenvalue weighted by Gasteiger charge is 2.43. The number of thiazole rings is 1. The first-order valence-electron chi connectivity index (χ1n) is 7.31. The van der Waals surface area contributed by atoms with Crippen molar-refractivity contribution in [1.29, 1.82) is 0 Å². The second-order valence-corrected chi connectivity index (χ2v) is 7.53. The standard InChI is InChI=1S/C16H15FN2O3S2/c17-11-3-1-2-10(6-11)14-18-12(8-24-14)7-13(20)19-16(15(21)22)4-5-23-9-16/h1-3,6,8H,4-5,7,9H2,(H,19,20)(H,21,22). The van der Waals surface area contributed by atoms with Crippen LogP contribution in [0.3, 0.4) is 0 Å². The van der Waals surface area contributed by atoms with E-state index < -0.39 is 11.5 Å². The van der Waals surface area contributed by atoms with E-state index in [0.29, 0.717) is 34.2 Å². The molecule has 1 saturated heterocycles. The van der Waals surface area contributed by atoms with E-state index in [1.54, 1.807) is 17.5 Å². The molecule has 24 heavy (non-hydrogen) atoms. The van der Waals surface area contributed by atoms with Crippen LogP contribution in [-0.2, 0) is 16.0 Å². The number of aliphatic carboxylic acids is 1. The van der Waals surface area contributed by atoms with E-state index in [4.69, 9.17) is 0 Å². The number of aromatic nitrogens is 1. The lowest BCUT2D eigenvalue weighted by molar-refractivity contribution is -0.146. The van der Waals surface area contributed by atoms with Gasteiger partial charge in [-0.15, -0.1) is 11.3 Å². The summed E-state index contributed by atoms with van der Waals surface area (Å²) in [6.45, 7) is 0. The number of carboxylic acids is 1. The summed E-state index contributed by atoms with van der Waals surface area (Å²) in [7, 11) is 0. The van der Waals surface area contributed by atoms with Crippen LogP contribution < -0.4 is 5.32 Å². The molecule has 1 unspecified atom stereocenters. The van der Waals surface area contributed by atoms with Gasteiger partial charge < -0.3 is 10.4 Å². The largest absolute Gasteiger partial charge is 0.479 e. The van der Waals surface area contributed by atoms with E-state index in [0.717, 1.165) is 0 Å². The number of nitrogens with zero attached hydrogens (tertiary/aromatic N) is 1. The fourth-order valence-corrected chi connectivity index (χ4v) is 4.65. The van der Waals surface area contributed by atoms with Gasteiger partial charge in [-0.05, 0) is 24.3 Å². The maximum absolute atomic E-state index is 13.3. The molecular formula is C16H15FN2O3S2. The minimum absolute atomic E-state index is 0.00547. The van der Waals surface area contributed by atoms with Crippen molar-refractivity contribution < 1.29 is 19.1 Å². The molecule has 0 saturated carbocycles. The van der Waals surface area contributed by atoms with E-state index in [-0.39, 0.29) is 18.1 Å². The first-order chi connectivity index (χ1) is 11.5. The summed E-state index contributed by atoms with van der Waals surface area (Å²) in [5.74, 6) is -0.619. The molecule has 1 fully saturated rings. The molecule has 1 atom stereocenters. The third-order valence-electron chi connectivity index (χ3n) is 3.77. The molecule has 1 aliphatic heterocycles. The van der Waals surface area contributed by atoms with Gasteiger partial charge in [0.1, 0.15) is 16.4 Å². The van der Waals surface area contributed by atoms with Gasteiger partial charge in [-0.25, -0.2) is 14.2 Å². The molecular weight excluding hydrogens is 351 g/mol. The lowest BCUT2D eigenvalue weighted by Gasteiger charge is -2.24. The summed E-state index contributed by atoms with van der Waals surface area (Å²) >= 11 is 2.84. The fourth-order valence-electron chi connectivity index (χ4n) is 2.50. The topological polar surface area (TPSA) is 79.3 Å². The zero-order valence-electron chi connectivity index (χ0n) is 12.6. The van der Waals surface area contributed by atoms with Crippen molar-refractivity contribution in [3.63, 3.8) is 0 Å². The van der Waals surface area contributed by atoms with E-state index >= 15 is 0 Å². The SMILES string of the molecule is O=C(Cc1csc(-c2cccc(F)c2)n1)NC1(C(=O)O)CCSC1. The van der Waals surface area contributed by atoms with Gasteiger partial charge in [0, 0.05) is 16.7 Å². The summed E-state index contributed by atoms with van der Waals surface area (Å²) in [4.78, 5) is 28.0. The van der Waals surface area contributed by atoms with E-state index in [2.05, 4.69) is 10.3 Å². The zero-order chi connectivity index (χ0) is 17.2. The van der Waals surface area contributed by atoms with Gasteiger partial charge in [0.25, 0.3) is 0 Å². The van der Waals surface area contributed by atoms with Crippen LogP contribution in [0.25, 0.3) is 10.6 Å². The van der Waals surface area contributed by atoms with Gasteiger partial charge in [0.05, 0.1) is 12.1 Å². The number of hydrogen-bond acceptors (Lipinski definition) is 5. The summed E-state index contributed by atoms with van der Waals surface area (Å²) in [6, 6.07) is 6.10. The van der Waals surface area contributed by atoms with Crippen LogP contribution in [0.4, 0.5) is 4.39 Å². The van der Waals surface area contributed by atoms with Crippen LogP contribution in [0, 0.1) is 5.82 Å². The normalized spacial score (nSPS) is 20.0. The predicted octanol–water partition coefficient (Wildman–Crippen LogP) is 2.57. The molecule has 0 radical (unpaired) electrons. The Bertz CT molecular complexity index is 772. The molecule has 3 rings (SSSR count). The highest BCUT2D eigenvalue weighted by Crippen LogP contribution is 2.29. The molecule has 2 N–H and O–H groups in total. The number of benzene rings is 1. The number of thioether (sulfide) groups is 1. The fraction of sp³-hybridized carbons (Fsp3) is 0.312. The smallest absolute Gasteiger partial charge is 0.330 e. The number of nitrogens with one attached hydrogen (secondary N) is 1. The van der Waals surface area contributed by atoms with Crippen LogP contribution in [0.2, 0.25) is 0 Å². The monoisotopic (exact) mass is 366 g/mol. The van der Waals surface area contributed by atoms with Crippen LogP contribution in [0.1, 0.15) is 12.1 Å². The molecule has 8 heteroatoms. The number of carbonyl (C=O) groups is 2. The Morgan fingerprint density at radius 3 is 2.92 bits per heavy atom. The third-order valence-corrected chi connectivity index (χ3v) is 5.90. The van der Waals surface area contributed by atoms with Gasteiger partial charge in [-0.1, -0.05) is 12.1 Å². The summed E-state index contributed by atoms with van der Waals surface area (Å²) < 4.78 is 13.3. The van der Waals surface area contributed by atoms with E-state index in [9.17, 15) is 19.1 Å². The van der Waals surface area contributed by atoms with Crippen LogP contribution in [0.15, 0.2) is 29.6 Å². The van der Waals surface area contributed by atoms with Crippen LogP contribution in [0.5, 0.6) is 0 Å². The van der Waals surface area contributed by atoms with Gasteiger partial charge in [-0.2, -0.15) is 11.8 Å². The van der Waals surface area contributed by atoms with Gasteiger partial charge in [-0.3, -0.25) is 4.79 Å². The molecule has 1 amide bonds. The van der Waals surface area contributed by atoms with Crippen molar-refractivity contribution in [3.05, 3.63) is 41.2 Å². The van der Waals surface area contributed by atoms with Crippen LogP contribution >= 0.6 is 23.1 Å². The van der Waals surface area contributed by atoms with Crippen molar-refractivity contribution >= 4 is 35.0 Å². The Hall–Kier alpha value is -1.93. The first-order valence-corrected chi connectivity index (χ1v) is 9.34. The van der Waals surface area contributed by atoms with Crippen molar-refractivity contribution in [2.24, 2.45) is 0 Å². The lowest BCUT2D eigenvalue weighted by atomic mass is 9.99. The summed E-state index contributed by atoms with van der Waals surface area (Å²) in [5, 5.41) is 14.4. The van der Waals surface area contributed by atoms with Gasteiger partial charge in [0.15, 0.2) is 0 Å². The van der Waals surface area contributed by atoms with Crippen molar-refractivity contribution in [3.8, 4) is 10.6 Å². The Kier molecular flexibility index (Phi) is 4.86. The van der Waals surface area contributed by atoms with E-state index in [1.807, 2.05) is 0 Å². The van der Waals surface area contributed by atoms with Gasteiger partial charge >= 0.3 is 5.97 Å². The average Bonchev–Trinajstić information content (AvgIpc) is 3.17. The molecule has 2 heterocycles. The minimum Gasteiger partial charge on any atom is -0.479 e. The Morgan fingerprint density at radius 1 is 1.42 bits per heavy atom. The first kappa shape index (κ1) is 16.9. The Labute approximate surface area is 146 Å². The molecule has 0 aliphatic carbocycles. The molecule has 1 aliphatic rings. The number of hydrogen-bond donors (Lipinski definition) is 2. The quantitative estimate of drug-likeness (QED) is 0.850.